The van der Waals surface area contributed by atoms with Gasteiger partial charge in [0.2, 0.25) is 0 Å². The summed E-state index contributed by atoms with van der Waals surface area (Å²) in [4.78, 5) is 0.280. The minimum absolute atomic E-state index is 0.280. The highest BCUT2D eigenvalue weighted by Crippen LogP contribution is 2.21. The molecule has 0 unspecified atom stereocenters. The highest BCUT2D eigenvalue weighted by Gasteiger charge is 2.17. The third-order valence-corrected chi connectivity index (χ3v) is 5.48. The van der Waals surface area contributed by atoms with Crippen LogP contribution in [0.15, 0.2) is 59.8 Å². The number of sulfonamides is 1. The summed E-state index contributed by atoms with van der Waals surface area (Å²) in [6.45, 7) is 4.23. The molecule has 0 radical (unpaired) electrons. The Morgan fingerprint density at radius 3 is 2.64 bits per heavy atom. The zero-order chi connectivity index (χ0) is 18.0. The Hall–Kier alpha value is -2.31. The maximum absolute atomic E-state index is 12.7. The molecule has 0 aliphatic heterocycles. The van der Waals surface area contributed by atoms with E-state index in [2.05, 4.69) is 9.82 Å². The summed E-state index contributed by atoms with van der Waals surface area (Å²) in [7, 11) is -3.64. The quantitative estimate of drug-likeness (QED) is 0.733. The molecule has 25 heavy (non-hydrogen) atoms. The molecular weight excluding hydrogens is 358 g/mol. The van der Waals surface area contributed by atoms with Gasteiger partial charge in [0.15, 0.2) is 0 Å². The van der Waals surface area contributed by atoms with Crippen molar-refractivity contribution in [1.29, 1.82) is 0 Å². The minimum Gasteiger partial charge on any atom is -0.280 e. The lowest BCUT2D eigenvalue weighted by molar-refractivity contribution is 0.600. The fraction of sp³-hybridized carbons (Fsp3) is 0.167. The zero-order valence-corrected chi connectivity index (χ0v) is 15.5. The maximum atomic E-state index is 12.7. The molecule has 0 bridgehead atoms. The number of aromatic nitrogens is 2. The van der Waals surface area contributed by atoms with Crippen LogP contribution in [-0.4, -0.2) is 18.2 Å². The molecule has 1 heterocycles. The van der Waals surface area contributed by atoms with Crippen molar-refractivity contribution in [2.45, 2.75) is 25.3 Å². The number of nitrogens with zero attached hydrogens (tertiary/aromatic N) is 2. The van der Waals surface area contributed by atoms with Crippen molar-refractivity contribution in [1.82, 2.24) is 9.78 Å². The Bertz CT molecular complexity index is 1010. The largest absolute Gasteiger partial charge is 0.280 e. The van der Waals surface area contributed by atoms with Crippen LogP contribution in [0.4, 0.5) is 5.69 Å². The van der Waals surface area contributed by atoms with E-state index in [-0.39, 0.29) is 4.90 Å². The van der Waals surface area contributed by atoms with Crippen LogP contribution < -0.4 is 4.72 Å². The van der Waals surface area contributed by atoms with E-state index in [4.69, 9.17) is 11.6 Å². The van der Waals surface area contributed by atoms with E-state index in [0.29, 0.717) is 17.3 Å². The molecule has 0 saturated carbocycles. The molecule has 0 aliphatic rings. The first-order valence-electron chi connectivity index (χ1n) is 7.70. The second-order valence-corrected chi connectivity index (χ2v) is 8.02. The molecule has 3 rings (SSSR count). The number of nitrogens with one attached hydrogen (secondary N) is 1. The Morgan fingerprint density at radius 2 is 1.96 bits per heavy atom. The van der Waals surface area contributed by atoms with Gasteiger partial charge in [-0.25, -0.2) is 8.42 Å². The van der Waals surface area contributed by atoms with Crippen LogP contribution in [0.2, 0.25) is 5.02 Å². The van der Waals surface area contributed by atoms with Crippen LogP contribution in [0.5, 0.6) is 0 Å². The Labute approximate surface area is 152 Å². The monoisotopic (exact) mass is 375 g/mol. The fourth-order valence-corrected chi connectivity index (χ4v) is 4.09. The zero-order valence-electron chi connectivity index (χ0n) is 13.9. The van der Waals surface area contributed by atoms with Gasteiger partial charge in [-0.2, -0.15) is 5.10 Å². The number of anilines is 1. The van der Waals surface area contributed by atoms with E-state index in [9.17, 15) is 8.42 Å². The number of halogens is 1. The molecule has 7 heteroatoms. The van der Waals surface area contributed by atoms with E-state index >= 15 is 0 Å². The number of aryl methyl sites for hydroxylation is 2. The lowest BCUT2D eigenvalue weighted by atomic mass is 10.2. The topological polar surface area (TPSA) is 64.0 Å². The molecule has 1 N–H and O–H groups in total. The smallest absolute Gasteiger partial charge is 0.262 e. The minimum atomic E-state index is -3.64. The first kappa shape index (κ1) is 17.5. The Balaban J connectivity index is 1.83. The van der Waals surface area contributed by atoms with Crippen molar-refractivity contribution < 1.29 is 8.42 Å². The summed E-state index contributed by atoms with van der Waals surface area (Å²) in [5.74, 6) is 0. The summed E-state index contributed by atoms with van der Waals surface area (Å²) < 4.78 is 29.7. The third-order valence-electron chi connectivity index (χ3n) is 3.75. The van der Waals surface area contributed by atoms with E-state index in [1.807, 2.05) is 19.1 Å². The first-order chi connectivity index (χ1) is 11.8. The van der Waals surface area contributed by atoms with Crippen molar-refractivity contribution in [3.8, 4) is 0 Å². The molecule has 5 nitrogen and oxygen atoms in total. The van der Waals surface area contributed by atoms with Gasteiger partial charge >= 0.3 is 0 Å². The van der Waals surface area contributed by atoms with Crippen LogP contribution in [0, 0.1) is 13.8 Å². The summed E-state index contributed by atoms with van der Waals surface area (Å²) in [5, 5.41) is 4.69. The molecule has 130 valence electrons. The van der Waals surface area contributed by atoms with E-state index in [1.165, 1.54) is 0 Å². The molecule has 0 aliphatic carbocycles. The van der Waals surface area contributed by atoms with Gasteiger partial charge in [-0.05, 0) is 43.2 Å². The molecular formula is C18H18ClN3O2S. The summed E-state index contributed by atoms with van der Waals surface area (Å²) in [5.41, 5.74) is 3.17. The lowest BCUT2D eigenvalue weighted by Gasteiger charge is -2.12. The van der Waals surface area contributed by atoms with Crippen molar-refractivity contribution in [3.63, 3.8) is 0 Å². The molecule has 0 saturated heterocycles. The number of hydrogen-bond acceptors (Lipinski definition) is 3. The van der Waals surface area contributed by atoms with Crippen LogP contribution in [-0.2, 0) is 16.6 Å². The Kier molecular flexibility index (Phi) is 4.83. The van der Waals surface area contributed by atoms with Crippen molar-refractivity contribution in [2.75, 3.05) is 4.72 Å². The molecule has 2 aromatic carbocycles. The van der Waals surface area contributed by atoms with E-state index in [0.717, 1.165) is 16.7 Å². The SMILES string of the molecule is Cc1ccc(S(=O)(=O)Nc2cccc(Cn3cc(Cl)cn3)c2)c(C)c1. The Morgan fingerprint density at radius 1 is 1.16 bits per heavy atom. The molecule has 0 spiro atoms. The normalized spacial score (nSPS) is 11.5. The van der Waals surface area contributed by atoms with Crippen LogP contribution in [0.25, 0.3) is 0 Å². The third kappa shape index (κ3) is 4.21. The summed E-state index contributed by atoms with van der Waals surface area (Å²) >= 11 is 5.86. The van der Waals surface area contributed by atoms with Gasteiger partial charge < -0.3 is 0 Å². The number of benzene rings is 2. The molecule has 0 atom stereocenters. The lowest BCUT2D eigenvalue weighted by Crippen LogP contribution is -2.14. The van der Waals surface area contributed by atoms with E-state index < -0.39 is 10.0 Å². The fourth-order valence-electron chi connectivity index (χ4n) is 2.66. The van der Waals surface area contributed by atoms with Crippen molar-refractivity contribution in [2.24, 2.45) is 0 Å². The van der Waals surface area contributed by atoms with Gasteiger partial charge in [-0.3, -0.25) is 9.40 Å². The van der Waals surface area contributed by atoms with Gasteiger partial charge in [-0.1, -0.05) is 41.4 Å². The summed E-state index contributed by atoms with van der Waals surface area (Å²) in [6.07, 6.45) is 3.28. The molecule has 0 fully saturated rings. The standard InChI is InChI=1S/C18H18ClN3O2S/c1-13-6-7-18(14(2)8-13)25(23,24)21-17-5-3-4-15(9-17)11-22-12-16(19)10-20-22/h3-10,12,21H,11H2,1-2H3. The average molecular weight is 376 g/mol. The number of hydrogen-bond donors (Lipinski definition) is 1. The maximum Gasteiger partial charge on any atom is 0.262 e. The average Bonchev–Trinajstić information content (AvgIpc) is 2.91. The first-order valence-corrected chi connectivity index (χ1v) is 9.56. The van der Waals surface area contributed by atoms with Gasteiger partial charge in [0, 0.05) is 11.9 Å². The van der Waals surface area contributed by atoms with Gasteiger partial charge in [0.1, 0.15) is 0 Å². The highest BCUT2D eigenvalue weighted by atomic mass is 35.5. The number of rotatable bonds is 5. The summed E-state index contributed by atoms with van der Waals surface area (Å²) in [6, 6.07) is 12.5. The second-order valence-electron chi connectivity index (χ2n) is 5.93. The van der Waals surface area contributed by atoms with E-state index in [1.54, 1.807) is 54.3 Å². The van der Waals surface area contributed by atoms with Gasteiger partial charge in [-0.15, -0.1) is 0 Å². The predicted molar refractivity (Wildman–Crippen MR) is 99.5 cm³/mol. The van der Waals surface area contributed by atoms with Crippen LogP contribution in [0.1, 0.15) is 16.7 Å². The predicted octanol–water partition coefficient (Wildman–Crippen LogP) is 4.00. The molecule has 3 aromatic rings. The van der Waals surface area contributed by atoms with Crippen LogP contribution >= 0.6 is 11.6 Å². The highest BCUT2D eigenvalue weighted by molar-refractivity contribution is 7.92. The van der Waals surface area contributed by atoms with Gasteiger partial charge in [0.25, 0.3) is 10.0 Å². The van der Waals surface area contributed by atoms with Crippen molar-refractivity contribution >= 4 is 27.3 Å². The van der Waals surface area contributed by atoms with Crippen molar-refractivity contribution in [3.05, 3.63) is 76.6 Å². The molecule has 0 amide bonds. The second kappa shape index (κ2) is 6.90. The molecule has 1 aromatic heterocycles. The van der Waals surface area contributed by atoms with Gasteiger partial charge in [0.05, 0.1) is 22.7 Å². The van der Waals surface area contributed by atoms with Crippen LogP contribution in [0.3, 0.4) is 0 Å².